The van der Waals surface area contributed by atoms with E-state index in [0.717, 1.165) is 6.42 Å². The van der Waals surface area contributed by atoms with E-state index in [9.17, 15) is 0 Å². The van der Waals surface area contributed by atoms with Gasteiger partial charge in [0.25, 0.3) is 0 Å². The van der Waals surface area contributed by atoms with Crippen molar-refractivity contribution in [1.82, 2.24) is 0 Å². The molecule has 0 aliphatic heterocycles. The third-order valence-electron chi connectivity index (χ3n) is 2.42. The first-order chi connectivity index (χ1) is 6.45. The maximum absolute atomic E-state index is 5.70. The fourth-order valence-corrected chi connectivity index (χ4v) is 2.23. The van der Waals surface area contributed by atoms with Crippen LogP contribution in [0, 0.1) is 0 Å². The molecule has 5 heteroatoms. The highest BCUT2D eigenvalue weighted by Gasteiger charge is 2.40. The Hall–Kier alpha value is 0.0569. The molecule has 0 fully saturated rings. The molecule has 0 radical (unpaired) electrons. The van der Waals surface area contributed by atoms with Gasteiger partial charge >= 0.3 is 8.80 Å². The Kier molecular flexibility index (Phi) is 5.85. The highest BCUT2D eigenvalue weighted by atomic mass is 28.4. The van der Waals surface area contributed by atoms with Gasteiger partial charge in [-0.3, -0.25) is 0 Å². The summed E-state index contributed by atoms with van der Waals surface area (Å²) in [5.41, 5.74) is -0.159. The predicted molar refractivity (Wildman–Crippen MR) is 57.1 cm³/mol. The van der Waals surface area contributed by atoms with Crippen molar-refractivity contribution in [2.75, 3.05) is 27.6 Å². The number of ether oxygens (including phenoxy) is 1. The molecule has 0 aliphatic rings. The Morgan fingerprint density at radius 1 is 1.00 bits per heavy atom. The summed E-state index contributed by atoms with van der Waals surface area (Å²) in [4.78, 5) is 0. The molecule has 0 aromatic carbocycles. The summed E-state index contributed by atoms with van der Waals surface area (Å²) >= 11 is 0. The normalized spacial score (nSPS) is 13.3. The Balaban J connectivity index is 4.19. The second kappa shape index (κ2) is 5.82. The molecule has 0 bridgehead atoms. The van der Waals surface area contributed by atoms with Gasteiger partial charge in [0.1, 0.15) is 6.23 Å². The molecule has 4 nitrogen and oxygen atoms in total. The van der Waals surface area contributed by atoms with Crippen molar-refractivity contribution in [3.63, 3.8) is 0 Å². The maximum Gasteiger partial charge on any atom is 0.527 e. The van der Waals surface area contributed by atoms with Crippen LogP contribution >= 0.6 is 0 Å². The van der Waals surface area contributed by atoms with Gasteiger partial charge in [0.05, 0.1) is 5.60 Å². The molecule has 0 atom stereocenters. The van der Waals surface area contributed by atoms with Gasteiger partial charge in [-0.1, -0.05) is 6.92 Å². The Labute approximate surface area is 87.9 Å². The Morgan fingerprint density at radius 2 is 1.43 bits per heavy atom. The third-order valence-corrected chi connectivity index (χ3v) is 4.79. The molecule has 0 rings (SSSR count). The Morgan fingerprint density at radius 3 is 1.71 bits per heavy atom. The van der Waals surface area contributed by atoms with Gasteiger partial charge in [-0.2, -0.15) is 0 Å². The van der Waals surface area contributed by atoms with Crippen LogP contribution < -0.4 is 0 Å². The van der Waals surface area contributed by atoms with E-state index in [4.69, 9.17) is 18.0 Å². The quantitative estimate of drug-likeness (QED) is 0.613. The molecule has 14 heavy (non-hydrogen) atoms. The van der Waals surface area contributed by atoms with Crippen LogP contribution in [0.5, 0.6) is 0 Å². The van der Waals surface area contributed by atoms with Crippen molar-refractivity contribution in [1.29, 1.82) is 0 Å². The molecule has 0 spiro atoms. The van der Waals surface area contributed by atoms with E-state index in [1.165, 1.54) is 0 Å². The number of hydrogen-bond donors (Lipinski definition) is 0. The molecule has 86 valence electrons. The van der Waals surface area contributed by atoms with Crippen LogP contribution in [0.4, 0.5) is 0 Å². The van der Waals surface area contributed by atoms with Crippen LogP contribution in [-0.2, 0) is 18.0 Å². The average molecular weight is 222 g/mol. The van der Waals surface area contributed by atoms with Crippen molar-refractivity contribution < 1.29 is 18.0 Å². The second-order valence-corrected chi connectivity index (χ2v) is 6.58. The van der Waals surface area contributed by atoms with Crippen LogP contribution in [0.2, 0.25) is 0 Å². The van der Waals surface area contributed by atoms with Gasteiger partial charge < -0.3 is 18.0 Å². The molecule has 0 saturated carbocycles. The fraction of sp³-hybridized carbons (Fsp3) is 1.00. The predicted octanol–water partition coefficient (Wildman–Crippen LogP) is 1.61. The van der Waals surface area contributed by atoms with E-state index in [1.54, 1.807) is 21.3 Å². The number of hydrogen-bond acceptors (Lipinski definition) is 4. The Bertz CT molecular complexity index is 149. The zero-order chi connectivity index (χ0) is 11.2. The minimum absolute atomic E-state index is 0.159. The second-order valence-electron chi connectivity index (χ2n) is 3.70. The van der Waals surface area contributed by atoms with Gasteiger partial charge in [-0.05, 0) is 20.3 Å². The number of rotatable bonds is 7. The highest BCUT2D eigenvalue weighted by molar-refractivity contribution is 6.60. The van der Waals surface area contributed by atoms with Gasteiger partial charge in [0.2, 0.25) is 0 Å². The van der Waals surface area contributed by atoms with Gasteiger partial charge in [0, 0.05) is 21.3 Å². The van der Waals surface area contributed by atoms with Gasteiger partial charge in [-0.15, -0.1) is 0 Å². The molecule has 0 aliphatic carbocycles. The smallest absolute Gasteiger partial charge is 0.375 e. The fourth-order valence-electron chi connectivity index (χ4n) is 0.813. The monoisotopic (exact) mass is 222 g/mol. The van der Waals surface area contributed by atoms with Crippen molar-refractivity contribution in [3.8, 4) is 0 Å². The minimum Gasteiger partial charge on any atom is -0.375 e. The van der Waals surface area contributed by atoms with Crippen LogP contribution in [0.25, 0.3) is 0 Å². The highest BCUT2D eigenvalue weighted by Crippen LogP contribution is 2.17. The van der Waals surface area contributed by atoms with E-state index < -0.39 is 8.80 Å². The zero-order valence-electron chi connectivity index (χ0n) is 10.0. The summed E-state index contributed by atoms with van der Waals surface area (Å²) in [5, 5.41) is 0. The first-order valence-corrected chi connectivity index (χ1v) is 6.68. The van der Waals surface area contributed by atoms with E-state index in [1.807, 2.05) is 13.8 Å². The summed E-state index contributed by atoms with van der Waals surface area (Å²) in [6.45, 7) is 6.15. The maximum atomic E-state index is 5.70. The molecular formula is C9H22O4Si. The minimum atomic E-state index is -2.57. The molecule has 0 heterocycles. The van der Waals surface area contributed by atoms with Crippen LogP contribution in [-0.4, -0.2) is 42.0 Å². The van der Waals surface area contributed by atoms with Gasteiger partial charge in [-0.25, -0.2) is 0 Å². The van der Waals surface area contributed by atoms with E-state index in [0.29, 0.717) is 6.23 Å². The summed E-state index contributed by atoms with van der Waals surface area (Å²) in [7, 11) is 2.19. The van der Waals surface area contributed by atoms with E-state index in [2.05, 4.69) is 6.92 Å². The molecule has 0 saturated heterocycles. The summed E-state index contributed by atoms with van der Waals surface area (Å²) in [6, 6.07) is 0. The molecule has 0 amide bonds. The molecular weight excluding hydrogens is 200 g/mol. The SMILES string of the molecule is CCC(C)(C)OC[Si](OC)(OC)OC. The molecule has 0 unspecified atom stereocenters. The zero-order valence-corrected chi connectivity index (χ0v) is 11.0. The van der Waals surface area contributed by atoms with Crippen molar-refractivity contribution in [3.05, 3.63) is 0 Å². The first-order valence-electron chi connectivity index (χ1n) is 4.74. The first kappa shape index (κ1) is 14.1. The van der Waals surface area contributed by atoms with Crippen molar-refractivity contribution in [2.24, 2.45) is 0 Å². The lowest BCUT2D eigenvalue weighted by atomic mass is 10.1. The third kappa shape index (κ3) is 4.06. The lowest BCUT2D eigenvalue weighted by Gasteiger charge is -2.30. The summed E-state index contributed by atoms with van der Waals surface area (Å²) in [5.74, 6) is 0. The van der Waals surface area contributed by atoms with E-state index in [-0.39, 0.29) is 5.60 Å². The summed E-state index contributed by atoms with van der Waals surface area (Å²) in [6.07, 6.45) is 1.33. The molecule has 0 aromatic heterocycles. The molecule has 0 aromatic rings. The van der Waals surface area contributed by atoms with Crippen molar-refractivity contribution in [2.45, 2.75) is 32.8 Å². The van der Waals surface area contributed by atoms with Crippen LogP contribution in [0.3, 0.4) is 0 Å². The van der Waals surface area contributed by atoms with Crippen molar-refractivity contribution >= 4 is 8.80 Å². The van der Waals surface area contributed by atoms with Gasteiger partial charge in [0.15, 0.2) is 0 Å². The summed E-state index contributed by atoms with van der Waals surface area (Å²) < 4.78 is 21.4. The largest absolute Gasteiger partial charge is 0.527 e. The van der Waals surface area contributed by atoms with E-state index >= 15 is 0 Å². The average Bonchev–Trinajstić information content (AvgIpc) is 2.21. The van der Waals surface area contributed by atoms with Crippen LogP contribution in [0.1, 0.15) is 27.2 Å². The topological polar surface area (TPSA) is 36.9 Å². The van der Waals surface area contributed by atoms with Crippen LogP contribution in [0.15, 0.2) is 0 Å². The standard InChI is InChI=1S/C9H22O4Si/c1-7-9(2,3)13-8-14(10-4,11-5)12-6/h7-8H2,1-6H3. The molecule has 0 N–H and O–H groups in total. The lowest BCUT2D eigenvalue weighted by Crippen LogP contribution is -2.50. The lowest BCUT2D eigenvalue weighted by molar-refractivity contribution is -0.0283.